The molecular formula is C19H25F. The maximum atomic E-state index is 13.9. The van der Waals surface area contributed by atoms with Crippen LogP contribution in [0.2, 0.25) is 0 Å². The van der Waals surface area contributed by atoms with Crippen molar-refractivity contribution in [1.29, 1.82) is 0 Å². The summed E-state index contributed by atoms with van der Waals surface area (Å²) in [6.07, 6.45) is 8.97. The van der Waals surface area contributed by atoms with E-state index in [1.54, 1.807) is 12.2 Å². The quantitative estimate of drug-likeness (QED) is 0.545. The third kappa shape index (κ3) is 5.16. The fraction of sp³-hybridized carbons (Fsp3) is 0.368. The molecule has 108 valence electrons. The molecule has 0 bridgehead atoms. The highest BCUT2D eigenvalue weighted by Gasteiger charge is 2.03. The first kappa shape index (κ1) is 16.4. The SMILES string of the molecule is C=C(/C=C\CC)/C(F)=C/Cc1ccc(C)cc1CCC. The molecule has 0 aromatic heterocycles. The third-order valence-electron chi connectivity index (χ3n) is 3.24. The summed E-state index contributed by atoms with van der Waals surface area (Å²) in [5, 5.41) is 0. The lowest BCUT2D eigenvalue weighted by Gasteiger charge is -2.08. The zero-order valence-electron chi connectivity index (χ0n) is 12.9. The molecule has 0 saturated heterocycles. The first-order chi connectivity index (χ1) is 9.58. The summed E-state index contributed by atoms with van der Waals surface area (Å²) < 4.78 is 13.9. The molecule has 0 spiro atoms. The van der Waals surface area contributed by atoms with E-state index in [1.807, 2.05) is 13.0 Å². The van der Waals surface area contributed by atoms with Crippen LogP contribution in [0.5, 0.6) is 0 Å². The Morgan fingerprint density at radius 2 is 2.00 bits per heavy atom. The monoisotopic (exact) mass is 272 g/mol. The minimum Gasteiger partial charge on any atom is -0.207 e. The maximum absolute atomic E-state index is 13.9. The number of benzene rings is 1. The third-order valence-corrected chi connectivity index (χ3v) is 3.24. The first-order valence-corrected chi connectivity index (χ1v) is 7.38. The van der Waals surface area contributed by atoms with E-state index in [0.29, 0.717) is 12.0 Å². The van der Waals surface area contributed by atoms with Crippen molar-refractivity contribution in [1.82, 2.24) is 0 Å². The van der Waals surface area contributed by atoms with Gasteiger partial charge in [0.1, 0.15) is 5.83 Å². The number of hydrogen-bond acceptors (Lipinski definition) is 0. The summed E-state index contributed by atoms with van der Waals surface area (Å²) in [4.78, 5) is 0. The Labute approximate surface area is 122 Å². The lowest BCUT2D eigenvalue weighted by molar-refractivity contribution is 0.652. The molecule has 20 heavy (non-hydrogen) atoms. The number of aryl methyl sites for hydroxylation is 2. The molecule has 0 saturated carbocycles. The van der Waals surface area contributed by atoms with Crippen LogP contribution < -0.4 is 0 Å². The van der Waals surface area contributed by atoms with Crippen LogP contribution in [0.25, 0.3) is 0 Å². The highest BCUT2D eigenvalue weighted by Crippen LogP contribution is 2.18. The average Bonchev–Trinajstić information content (AvgIpc) is 2.43. The Balaban J connectivity index is 2.83. The number of halogens is 1. The van der Waals surface area contributed by atoms with E-state index in [0.717, 1.165) is 19.3 Å². The topological polar surface area (TPSA) is 0 Å². The van der Waals surface area contributed by atoms with Crippen molar-refractivity contribution < 1.29 is 4.39 Å². The van der Waals surface area contributed by atoms with Gasteiger partial charge in [0.15, 0.2) is 0 Å². The molecule has 0 aliphatic heterocycles. The van der Waals surface area contributed by atoms with E-state index >= 15 is 0 Å². The molecule has 0 radical (unpaired) electrons. The predicted octanol–water partition coefficient (Wildman–Crippen LogP) is 5.87. The van der Waals surface area contributed by atoms with Gasteiger partial charge in [-0.15, -0.1) is 0 Å². The number of hydrogen-bond donors (Lipinski definition) is 0. The minimum absolute atomic E-state index is 0.224. The summed E-state index contributed by atoms with van der Waals surface area (Å²) in [6, 6.07) is 6.40. The highest BCUT2D eigenvalue weighted by molar-refractivity contribution is 5.37. The van der Waals surface area contributed by atoms with Gasteiger partial charge in [0, 0.05) is 5.57 Å². The average molecular weight is 272 g/mol. The van der Waals surface area contributed by atoms with Crippen LogP contribution in [-0.2, 0) is 12.8 Å². The Morgan fingerprint density at radius 3 is 2.65 bits per heavy atom. The van der Waals surface area contributed by atoms with E-state index < -0.39 is 0 Å². The molecule has 1 aromatic rings. The van der Waals surface area contributed by atoms with Crippen LogP contribution in [0.3, 0.4) is 0 Å². The number of allylic oxidation sites excluding steroid dienone is 5. The minimum atomic E-state index is -0.224. The van der Waals surface area contributed by atoms with Crippen LogP contribution in [0.1, 0.15) is 43.4 Å². The Morgan fingerprint density at radius 1 is 1.25 bits per heavy atom. The zero-order valence-corrected chi connectivity index (χ0v) is 12.9. The van der Waals surface area contributed by atoms with Gasteiger partial charge < -0.3 is 0 Å². The lowest BCUT2D eigenvalue weighted by Crippen LogP contribution is -1.94. The molecule has 1 aromatic carbocycles. The van der Waals surface area contributed by atoms with Gasteiger partial charge in [-0.2, -0.15) is 0 Å². The summed E-state index contributed by atoms with van der Waals surface area (Å²) >= 11 is 0. The van der Waals surface area contributed by atoms with Crippen LogP contribution in [0.15, 0.2) is 54.4 Å². The van der Waals surface area contributed by atoms with Crippen molar-refractivity contribution in [3.63, 3.8) is 0 Å². The van der Waals surface area contributed by atoms with E-state index in [1.165, 1.54) is 16.7 Å². The van der Waals surface area contributed by atoms with E-state index in [2.05, 4.69) is 38.6 Å². The Kier molecular flexibility index (Phi) is 7.00. The Hall–Kier alpha value is -1.63. The molecule has 0 nitrogen and oxygen atoms in total. The summed E-state index contributed by atoms with van der Waals surface area (Å²) in [7, 11) is 0. The fourth-order valence-electron chi connectivity index (χ4n) is 2.13. The van der Waals surface area contributed by atoms with Crippen molar-refractivity contribution in [2.75, 3.05) is 0 Å². The van der Waals surface area contributed by atoms with Gasteiger partial charge in [0.05, 0.1) is 0 Å². The second-order valence-electron chi connectivity index (χ2n) is 5.11. The summed E-state index contributed by atoms with van der Waals surface area (Å²) in [5.74, 6) is -0.224. The molecule has 0 aliphatic rings. The summed E-state index contributed by atoms with van der Waals surface area (Å²) in [5.41, 5.74) is 4.25. The van der Waals surface area contributed by atoms with Crippen molar-refractivity contribution in [2.24, 2.45) is 0 Å². The fourth-order valence-corrected chi connectivity index (χ4v) is 2.13. The first-order valence-electron chi connectivity index (χ1n) is 7.38. The van der Waals surface area contributed by atoms with E-state index in [-0.39, 0.29) is 5.83 Å². The van der Waals surface area contributed by atoms with Crippen molar-refractivity contribution in [3.8, 4) is 0 Å². The van der Waals surface area contributed by atoms with Crippen LogP contribution in [0, 0.1) is 6.92 Å². The summed E-state index contributed by atoms with van der Waals surface area (Å²) in [6.45, 7) is 10.0. The normalized spacial score (nSPS) is 12.1. The van der Waals surface area contributed by atoms with Crippen LogP contribution in [0.4, 0.5) is 4.39 Å². The molecule has 1 rings (SSSR count). The van der Waals surface area contributed by atoms with Gasteiger partial charge in [0.25, 0.3) is 0 Å². The largest absolute Gasteiger partial charge is 0.207 e. The second kappa shape index (κ2) is 8.52. The van der Waals surface area contributed by atoms with Gasteiger partial charge in [-0.05, 0) is 43.4 Å². The molecule has 0 unspecified atom stereocenters. The van der Waals surface area contributed by atoms with Gasteiger partial charge in [0.2, 0.25) is 0 Å². The van der Waals surface area contributed by atoms with Gasteiger partial charge in [-0.3, -0.25) is 0 Å². The predicted molar refractivity (Wildman–Crippen MR) is 86.6 cm³/mol. The zero-order chi connectivity index (χ0) is 15.0. The second-order valence-corrected chi connectivity index (χ2v) is 5.11. The van der Waals surface area contributed by atoms with Gasteiger partial charge in [-0.25, -0.2) is 4.39 Å². The molecule has 0 N–H and O–H groups in total. The van der Waals surface area contributed by atoms with Gasteiger partial charge >= 0.3 is 0 Å². The lowest BCUT2D eigenvalue weighted by atomic mass is 9.98. The molecule has 0 heterocycles. The van der Waals surface area contributed by atoms with Gasteiger partial charge in [-0.1, -0.05) is 62.8 Å². The van der Waals surface area contributed by atoms with E-state index in [9.17, 15) is 4.39 Å². The number of rotatable bonds is 7. The molecule has 0 aliphatic carbocycles. The van der Waals surface area contributed by atoms with Crippen LogP contribution in [-0.4, -0.2) is 0 Å². The smallest absolute Gasteiger partial charge is 0.126 e. The standard InChI is InChI=1S/C19H25F/c1-5-7-9-16(4)19(20)13-12-17-11-10-15(3)14-18(17)8-6-2/h7,9-11,13-14H,4-6,8,12H2,1-3H3/b9-7-,19-13-. The van der Waals surface area contributed by atoms with E-state index in [4.69, 9.17) is 0 Å². The maximum Gasteiger partial charge on any atom is 0.126 e. The Bertz CT molecular complexity index is 506. The highest BCUT2D eigenvalue weighted by atomic mass is 19.1. The molecule has 0 amide bonds. The van der Waals surface area contributed by atoms with Crippen molar-refractivity contribution in [2.45, 2.75) is 46.5 Å². The van der Waals surface area contributed by atoms with Crippen molar-refractivity contribution >= 4 is 0 Å². The van der Waals surface area contributed by atoms with Crippen molar-refractivity contribution in [3.05, 3.63) is 71.1 Å². The van der Waals surface area contributed by atoms with Crippen LogP contribution >= 0.6 is 0 Å². The molecule has 0 atom stereocenters. The molecule has 1 heteroatoms. The molecule has 0 fully saturated rings. The molecular weight excluding hydrogens is 247 g/mol.